The Morgan fingerprint density at radius 3 is 2.39 bits per heavy atom. The molecule has 0 spiro atoms. The number of unbranched alkanes of at least 4 members (excludes halogenated alkanes) is 5. The van der Waals surface area contributed by atoms with Gasteiger partial charge in [0.1, 0.15) is 10.9 Å². The number of anilines is 2. The minimum Gasteiger partial charge on any atom is -0.325 e. The van der Waals surface area contributed by atoms with E-state index in [4.69, 9.17) is 23.8 Å². The van der Waals surface area contributed by atoms with Crippen LogP contribution in [-0.4, -0.2) is 40.0 Å². The first-order valence-electron chi connectivity index (χ1n) is 12.1. The van der Waals surface area contributed by atoms with Gasteiger partial charge in [-0.05, 0) is 36.8 Å². The van der Waals surface area contributed by atoms with Crippen LogP contribution in [0.5, 0.6) is 0 Å². The summed E-state index contributed by atoms with van der Waals surface area (Å²) in [6.07, 6.45) is 6.68. The van der Waals surface area contributed by atoms with Crippen molar-refractivity contribution in [3.8, 4) is 0 Å². The molecule has 1 saturated heterocycles. The number of hydrogen-bond acceptors (Lipinski definition) is 5. The number of amides is 3. The van der Waals surface area contributed by atoms with Crippen LogP contribution >= 0.6 is 35.6 Å². The number of halogens is 1. The van der Waals surface area contributed by atoms with Gasteiger partial charge in [-0.25, -0.2) is 0 Å². The van der Waals surface area contributed by atoms with Crippen molar-refractivity contribution < 1.29 is 14.4 Å². The summed E-state index contributed by atoms with van der Waals surface area (Å²) in [5.41, 5.74) is 2.14. The molecule has 1 N–H and O–H groups in total. The van der Waals surface area contributed by atoms with Crippen molar-refractivity contribution >= 4 is 74.6 Å². The maximum absolute atomic E-state index is 13.5. The van der Waals surface area contributed by atoms with Gasteiger partial charge in [-0.2, -0.15) is 0 Å². The summed E-state index contributed by atoms with van der Waals surface area (Å²) in [6.45, 7) is 2.56. The molecule has 6 nitrogen and oxygen atoms in total. The predicted octanol–water partition coefficient (Wildman–Crippen LogP) is 6.26. The van der Waals surface area contributed by atoms with Gasteiger partial charge < -0.3 is 5.32 Å². The highest BCUT2D eigenvalue weighted by atomic mass is 35.5. The molecule has 0 bridgehead atoms. The van der Waals surface area contributed by atoms with Crippen LogP contribution in [0.25, 0.3) is 5.57 Å². The molecule has 36 heavy (non-hydrogen) atoms. The highest BCUT2D eigenvalue weighted by Gasteiger charge is 2.42. The first-order chi connectivity index (χ1) is 17.4. The number of benzene rings is 2. The molecule has 2 aliphatic rings. The quantitative estimate of drug-likeness (QED) is 0.218. The Balaban J connectivity index is 1.50. The van der Waals surface area contributed by atoms with Gasteiger partial charge in [0.05, 0.1) is 16.2 Å². The highest BCUT2D eigenvalue weighted by Crippen LogP contribution is 2.44. The molecular formula is C27H28ClN3O3S2. The molecule has 4 rings (SSSR count). The maximum Gasteiger partial charge on any atom is 0.267 e. The van der Waals surface area contributed by atoms with E-state index in [1.807, 2.05) is 12.1 Å². The fourth-order valence-electron chi connectivity index (χ4n) is 4.33. The topological polar surface area (TPSA) is 69.7 Å². The standard InChI is InChI=1S/C27H28ClN3O3S2/c1-2-3-4-5-6-9-16-30-26(34)24(36-27(30)35)23-20-10-7-8-11-21(20)31(25(23)33)17-22(32)29-19-14-12-18(28)13-15-19/h7-8,10-15H,2-6,9,16-17H2,1H3,(H,29,32). The lowest BCUT2D eigenvalue weighted by atomic mass is 10.1. The minimum atomic E-state index is -0.373. The van der Waals surface area contributed by atoms with Crippen LogP contribution in [0.3, 0.4) is 0 Å². The molecular weight excluding hydrogens is 514 g/mol. The Bertz CT molecular complexity index is 1210. The zero-order valence-corrected chi connectivity index (χ0v) is 22.5. The average molecular weight is 542 g/mol. The highest BCUT2D eigenvalue weighted by molar-refractivity contribution is 8.26. The Morgan fingerprint density at radius 2 is 1.64 bits per heavy atom. The molecule has 0 saturated carbocycles. The largest absolute Gasteiger partial charge is 0.325 e. The summed E-state index contributed by atoms with van der Waals surface area (Å²) >= 11 is 12.6. The van der Waals surface area contributed by atoms with Gasteiger partial charge in [-0.1, -0.05) is 92.8 Å². The summed E-state index contributed by atoms with van der Waals surface area (Å²) in [5.74, 6) is -0.955. The Labute approximate surface area is 226 Å². The summed E-state index contributed by atoms with van der Waals surface area (Å²) in [4.78, 5) is 43.0. The number of fused-ring (bicyclic) bond motifs is 1. The van der Waals surface area contributed by atoms with Crippen molar-refractivity contribution in [3.63, 3.8) is 0 Å². The molecule has 0 aromatic heterocycles. The molecule has 0 radical (unpaired) electrons. The van der Waals surface area contributed by atoms with Crippen LogP contribution in [0.1, 0.15) is 51.0 Å². The van der Waals surface area contributed by atoms with Crippen molar-refractivity contribution in [3.05, 3.63) is 64.0 Å². The van der Waals surface area contributed by atoms with Crippen molar-refractivity contribution in [2.24, 2.45) is 0 Å². The van der Waals surface area contributed by atoms with Crippen LogP contribution < -0.4 is 10.2 Å². The normalized spacial score (nSPS) is 17.2. The lowest BCUT2D eigenvalue weighted by Gasteiger charge is -2.17. The third kappa shape index (κ3) is 5.82. The molecule has 2 heterocycles. The minimum absolute atomic E-state index is 0.181. The van der Waals surface area contributed by atoms with Crippen molar-refractivity contribution in [2.45, 2.75) is 45.4 Å². The van der Waals surface area contributed by atoms with E-state index >= 15 is 0 Å². The third-order valence-corrected chi connectivity index (χ3v) is 7.86. The van der Waals surface area contributed by atoms with E-state index in [0.29, 0.717) is 43.3 Å². The lowest BCUT2D eigenvalue weighted by molar-refractivity contribution is -0.122. The summed E-state index contributed by atoms with van der Waals surface area (Å²) in [6, 6.07) is 14.0. The molecule has 1 fully saturated rings. The van der Waals surface area contributed by atoms with Gasteiger partial charge in [0.15, 0.2) is 0 Å². The van der Waals surface area contributed by atoms with E-state index in [0.717, 1.165) is 19.3 Å². The Kier molecular flexibility index (Phi) is 8.82. The fourth-order valence-corrected chi connectivity index (χ4v) is 5.83. The third-order valence-electron chi connectivity index (χ3n) is 6.16. The number of para-hydroxylation sites is 1. The first-order valence-corrected chi connectivity index (χ1v) is 13.8. The number of nitrogens with zero attached hydrogens (tertiary/aromatic N) is 2. The zero-order chi connectivity index (χ0) is 25.7. The fraction of sp³-hybridized carbons (Fsp3) is 0.333. The van der Waals surface area contributed by atoms with E-state index < -0.39 is 0 Å². The van der Waals surface area contributed by atoms with Crippen molar-refractivity contribution in [1.82, 2.24) is 4.90 Å². The van der Waals surface area contributed by atoms with Crippen LogP contribution in [0.15, 0.2) is 53.4 Å². The van der Waals surface area contributed by atoms with Crippen molar-refractivity contribution in [1.29, 1.82) is 0 Å². The van der Waals surface area contributed by atoms with Gasteiger partial charge in [0.2, 0.25) is 5.91 Å². The number of carbonyl (C=O) groups is 3. The second-order valence-electron chi connectivity index (χ2n) is 8.76. The number of hydrogen-bond donors (Lipinski definition) is 1. The molecule has 3 amide bonds. The molecule has 2 aliphatic heterocycles. The predicted molar refractivity (Wildman–Crippen MR) is 151 cm³/mol. The van der Waals surface area contributed by atoms with E-state index in [1.165, 1.54) is 35.9 Å². The molecule has 0 unspecified atom stereocenters. The first kappa shape index (κ1) is 26.4. The molecule has 2 aromatic carbocycles. The van der Waals surface area contributed by atoms with E-state index in [-0.39, 0.29) is 24.3 Å². The van der Waals surface area contributed by atoms with Crippen molar-refractivity contribution in [2.75, 3.05) is 23.3 Å². The number of thioether (sulfide) groups is 1. The Hall–Kier alpha value is -2.68. The van der Waals surface area contributed by atoms with Gasteiger partial charge in [0.25, 0.3) is 11.8 Å². The molecule has 9 heteroatoms. The number of carbonyl (C=O) groups excluding carboxylic acids is 3. The van der Waals surface area contributed by atoms with Gasteiger partial charge in [0, 0.05) is 22.8 Å². The summed E-state index contributed by atoms with van der Waals surface area (Å²) < 4.78 is 0.472. The van der Waals surface area contributed by atoms with Gasteiger partial charge in [-0.3, -0.25) is 24.2 Å². The second kappa shape index (κ2) is 12.0. The van der Waals surface area contributed by atoms with Crippen LogP contribution in [0.4, 0.5) is 11.4 Å². The van der Waals surface area contributed by atoms with Crippen LogP contribution in [0.2, 0.25) is 5.02 Å². The average Bonchev–Trinajstić information content (AvgIpc) is 3.29. The van der Waals surface area contributed by atoms with E-state index in [2.05, 4.69) is 12.2 Å². The summed E-state index contributed by atoms with van der Waals surface area (Å²) in [5, 5.41) is 3.35. The van der Waals surface area contributed by atoms with E-state index in [1.54, 1.807) is 41.3 Å². The molecule has 0 aliphatic carbocycles. The molecule has 188 valence electrons. The lowest BCUT2D eigenvalue weighted by Crippen LogP contribution is -2.35. The number of rotatable bonds is 10. The monoisotopic (exact) mass is 541 g/mol. The van der Waals surface area contributed by atoms with Crippen LogP contribution in [-0.2, 0) is 14.4 Å². The number of nitrogens with one attached hydrogen (secondary N) is 1. The van der Waals surface area contributed by atoms with Crippen LogP contribution in [0, 0.1) is 0 Å². The van der Waals surface area contributed by atoms with Gasteiger partial charge >= 0.3 is 0 Å². The SMILES string of the molecule is CCCCCCCCN1C(=O)C(=C2C(=O)N(CC(=O)Nc3ccc(Cl)cc3)c3ccccc32)SC1=S. The van der Waals surface area contributed by atoms with E-state index in [9.17, 15) is 14.4 Å². The maximum atomic E-state index is 13.5. The van der Waals surface area contributed by atoms with Gasteiger partial charge in [-0.15, -0.1) is 0 Å². The number of thiocarbonyl (C=S) groups is 1. The summed E-state index contributed by atoms with van der Waals surface area (Å²) in [7, 11) is 0. The smallest absolute Gasteiger partial charge is 0.267 e. The molecule has 0 atom stereocenters. The Morgan fingerprint density at radius 1 is 0.944 bits per heavy atom. The molecule has 2 aromatic rings. The zero-order valence-electron chi connectivity index (χ0n) is 20.1. The second-order valence-corrected chi connectivity index (χ2v) is 10.8.